The molecule has 0 amide bonds. The van der Waals surface area contributed by atoms with Crippen LogP contribution in [0.4, 0.5) is 0 Å². The summed E-state index contributed by atoms with van der Waals surface area (Å²) < 4.78 is 2.11. The van der Waals surface area contributed by atoms with Gasteiger partial charge in [0.1, 0.15) is 0 Å². The van der Waals surface area contributed by atoms with Crippen LogP contribution in [0.2, 0.25) is 5.02 Å². The Bertz CT molecular complexity index is 572. The molecule has 1 aromatic carbocycles. The minimum Gasteiger partial charge on any atom is -0.323 e. The fraction of sp³-hybridized carbons (Fsp3) is 0.308. The van der Waals surface area contributed by atoms with Crippen molar-refractivity contribution in [1.29, 1.82) is 0 Å². The van der Waals surface area contributed by atoms with Crippen LogP contribution in [0.3, 0.4) is 0 Å². The summed E-state index contributed by atoms with van der Waals surface area (Å²) in [6.07, 6.45) is 3.76. The van der Waals surface area contributed by atoms with E-state index >= 15 is 0 Å². The van der Waals surface area contributed by atoms with Gasteiger partial charge in [-0.1, -0.05) is 17.7 Å². The molecular formula is C13H14ClN3. The largest absolute Gasteiger partial charge is 0.323 e. The van der Waals surface area contributed by atoms with Gasteiger partial charge >= 0.3 is 0 Å². The van der Waals surface area contributed by atoms with Crippen molar-refractivity contribution in [2.45, 2.75) is 25.8 Å². The number of halogens is 1. The Morgan fingerprint density at radius 2 is 2.24 bits per heavy atom. The van der Waals surface area contributed by atoms with Gasteiger partial charge in [0.2, 0.25) is 0 Å². The Labute approximate surface area is 105 Å². The lowest BCUT2D eigenvalue weighted by atomic mass is 9.99. The Hall–Kier alpha value is -1.32. The summed E-state index contributed by atoms with van der Waals surface area (Å²) in [5, 5.41) is 0.837. The molecule has 1 aliphatic rings. The minimum absolute atomic E-state index is 0.0213. The van der Waals surface area contributed by atoms with Gasteiger partial charge < -0.3 is 10.3 Å². The van der Waals surface area contributed by atoms with E-state index in [1.165, 1.54) is 11.3 Å². The van der Waals surface area contributed by atoms with Gasteiger partial charge in [-0.15, -0.1) is 0 Å². The van der Waals surface area contributed by atoms with Crippen LogP contribution in [0.1, 0.15) is 29.9 Å². The average Bonchev–Trinajstić information content (AvgIpc) is 2.73. The summed E-state index contributed by atoms with van der Waals surface area (Å²) in [6.45, 7) is 1.97. The maximum atomic E-state index is 6.22. The average molecular weight is 248 g/mol. The van der Waals surface area contributed by atoms with Crippen molar-refractivity contribution >= 4 is 11.6 Å². The van der Waals surface area contributed by atoms with Crippen molar-refractivity contribution in [3.8, 4) is 5.69 Å². The van der Waals surface area contributed by atoms with Crippen molar-refractivity contribution in [3.63, 3.8) is 0 Å². The Morgan fingerprint density at radius 3 is 3.00 bits per heavy atom. The van der Waals surface area contributed by atoms with Gasteiger partial charge in [-0.05, 0) is 37.5 Å². The second-order valence-corrected chi connectivity index (χ2v) is 4.88. The van der Waals surface area contributed by atoms with Gasteiger partial charge in [0.05, 0.1) is 17.7 Å². The second-order valence-electron chi connectivity index (χ2n) is 4.47. The molecule has 3 rings (SSSR count). The molecule has 3 nitrogen and oxygen atoms in total. The molecule has 0 radical (unpaired) electrons. The lowest BCUT2D eigenvalue weighted by Gasteiger charge is -2.21. The summed E-state index contributed by atoms with van der Waals surface area (Å²) in [6, 6.07) is 5.97. The minimum atomic E-state index is -0.0213. The first kappa shape index (κ1) is 10.8. The van der Waals surface area contributed by atoms with Crippen LogP contribution < -0.4 is 5.73 Å². The molecule has 1 unspecified atom stereocenters. The first-order chi connectivity index (χ1) is 8.18. The normalized spacial score (nSPS) is 15.2. The molecule has 88 valence electrons. The molecule has 0 aliphatic carbocycles. The van der Waals surface area contributed by atoms with Crippen molar-refractivity contribution in [3.05, 3.63) is 46.5 Å². The van der Waals surface area contributed by atoms with Crippen LogP contribution in [0.5, 0.6) is 0 Å². The predicted octanol–water partition coefficient (Wildman–Crippen LogP) is 2.64. The second kappa shape index (κ2) is 3.86. The van der Waals surface area contributed by atoms with Crippen molar-refractivity contribution in [2.75, 3.05) is 0 Å². The number of nitrogens with zero attached hydrogens (tertiary/aromatic N) is 2. The van der Waals surface area contributed by atoms with E-state index in [2.05, 4.69) is 15.6 Å². The Morgan fingerprint density at radius 1 is 1.41 bits per heavy atom. The van der Waals surface area contributed by atoms with E-state index in [0.29, 0.717) is 0 Å². The highest BCUT2D eigenvalue weighted by atomic mass is 35.5. The summed E-state index contributed by atoms with van der Waals surface area (Å²) in [5.41, 5.74) is 10.5. The zero-order valence-corrected chi connectivity index (χ0v) is 10.4. The molecule has 2 heterocycles. The van der Waals surface area contributed by atoms with E-state index < -0.39 is 0 Å². The number of aromatic nitrogens is 2. The lowest BCUT2D eigenvalue weighted by Crippen LogP contribution is -2.15. The van der Waals surface area contributed by atoms with Crippen molar-refractivity contribution in [1.82, 2.24) is 9.55 Å². The van der Waals surface area contributed by atoms with Gasteiger partial charge in [0.25, 0.3) is 0 Å². The molecule has 2 N–H and O–H groups in total. The lowest BCUT2D eigenvalue weighted by molar-refractivity contribution is 0.738. The highest BCUT2D eigenvalue weighted by Gasteiger charge is 2.22. The van der Waals surface area contributed by atoms with Gasteiger partial charge in [-0.25, -0.2) is 4.98 Å². The number of hydrogen-bond donors (Lipinski definition) is 1. The molecule has 2 aromatic rings. The number of nitrogens with two attached hydrogens (primary N) is 1. The molecule has 1 aromatic heterocycles. The van der Waals surface area contributed by atoms with E-state index in [0.717, 1.165) is 29.2 Å². The van der Waals surface area contributed by atoms with Gasteiger partial charge in [0, 0.05) is 16.8 Å². The summed E-state index contributed by atoms with van der Waals surface area (Å²) >= 11 is 6.22. The van der Waals surface area contributed by atoms with Gasteiger partial charge in [0.15, 0.2) is 0 Å². The zero-order chi connectivity index (χ0) is 12.0. The highest BCUT2D eigenvalue weighted by molar-refractivity contribution is 6.31. The van der Waals surface area contributed by atoms with Crippen LogP contribution >= 0.6 is 11.6 Å². The van der Waals surface area contributed by atoms with Crippen LogP contribution in [0.15, 0.2) is 24.5 Å². The topological polar surface area (TPSA) is 43.8 Å². The maximum Gasteiger partial charge on any atom is 0.0998 e. The molecule has 1 aliphatic heterocycles. The van der Waals surface area contributed by atoms with Crippen molar-refractivity contribution in [2.24, 2.45) is 5.73 Å². The number of rotatable bonds is 1. The third-order valence-electron chi connectivity index (χ3n) is 3.30. The molecule has 0 saturated carbocycles. The number of imidazole rings is 1. The van der Waals surface area contributed by atoms with E-state index in [1.807, 2.05) is 25.4 Å². The molecule has 0 fully saturated rings. The summed E-state index contributed by atoms with van der Waals surface area (Å²) in [7, 11) is 0. The maximum absolute atomic E-state index is 6.22. The van der Waals surface area contributed by atoms with Gasteiger partial charge in [-0.3, -0.25) is 0 Å². The molecule has 1 atom stereocenters. The highest BCUT2D eigenvalue weighted by Crippen LogP contribution is 2.32. The quantitative estimate of drug-likeness (QED) is 0.842. The number of fused-ring (bicyclic) bond motifs is 3. The Balaban J connectivity index is 2.21. The fourth-order valence-electron chi connectivity index (χ4n) is 2.49. The van der Waals surface area contributed by atoms with E-state index in [4.69, 9.17) is 17.3 Å². The van der Waals surface area contributed by atoms with E-state index in [-0.39, 0.29) is 6.04 Å². The zero-order valence-electron chi connectivity index (χ0n) is 9.65. The first-order valence-corrected chi connectivity index (χ1v) is 6.15. The molecule has 0 bridgehead atoms. The fourth-order valence-corrected chi connectivity index (χ4v) is 2.75. The molecule has 0 saturated heterocycles. The monoisotopic (exact) mass is 247 g/mol. The number of hydrogen-bond acceptors (Lipinski definition) is 2. The smallest absolute Gasteiger partial charge is 0.0998 e. The van der Waals surface area contributed by atoms with Crippen molar-refractivity contribution < 1.29 is 0 Å². The van der Waals surface area contributed by atoms with E-state index in [9.17, 15) is 0 Å². The third kappa shape index (κ3) is 1.58. The molecule has 4 heteroatoms. The molecule has 17 heavy (non-hydrogen) atoms. The van der Waals surface area contributed by atoms with E-state index in [1.54, 1.807) is 0 Å². The number of benzene rings is 1. The van der Waals surface area contributed by atoms with Crippen LogP contribution in [-0.4, -0.2) is 9.55 Å². The van der Waals surface area contributed by atoms with Crippen LogP contribution in [-0.2, 0) is 12.8 Å². The standard InChI is InChI=1S/C13H14ClN3/c1-8(15)13-12-6-5-9-10(14)3-2-4-11(9)17(12)7-16-13/h2-4,7-8H,5-6,15H2,1H3. The van der Waals surface area contributed by atoms with Crippen LogP contribution in [0, 0.1) is 0 Å². The summed E-state index contributed by atoms with van der Waals surface area (Å²) in [5.74, 6) is 0. The predicted molar refractivity (Wildman–Crippen MR) is 68.6 cm³/mol. The Kier molecular flexibility index (Phi) is 2.45. The first-order valence-electron chi connectivity index (χ1n) is 5.78. The molecule has 0 spiro atoms. The third-order valence-corrected chi connectivity index (χ3v) is 3.65. The summed E-state index contributed by atoms with van der Waals surface area (Å²) in [4.78, 5) is 4.42. The molecular weight excluding hydrogens is 234 g/mol. The van der Waals surface area contributed by atoms with Gasteiger partial charge in [-0.2, -0.15) is 0 Å². The SMILES string of the molecule is CC(N)c1ncn2c1CCc1c(Cl)cccc1-2. The van der Waals surface area contributed by atoms with Crippen LogP contribution in [0.25, 0.3) is 5.69 Å².